The van der Waals surface area contributed by atoms with Crippen molar-refractivity contribution in [3.8, 4) is 0 Å². The van der Waals surface area contributed by atoms with Gasteiger partial charge in [0.2, 0.25) is 0 Å². The topological polar surface area (TPSA) is 60.4 Å². The van der Waals surface area contributed by atoms with E-state index < -0.39 is 0 Å². The molecule has 4 fully saturated rings. The van der Waals surface area contributed by atoms with Crippen LogP contribution in [0, 0.1) is 57.2 Å². The molecule has 4 aliphatic rings. The van der Waals surface area contributed by atoms with Gasteiger partial charge in [0.15, 0.2) is 0 Å². The number of Topliss-reactive ketones (excluding diaryl/α,β-unsaturated/α-hetero) is 2. The van der Waals surface area contributed by atoms with Crippen LogP contribution in [0.25, 0.3) is 0 Å². The van der Waals surface area contributed by atoms with E-state index in [1.54, 1.807) is 0 Å². The summed E-state index contributed by atoms with van der Waals surface area (Å²) < 4.78 is 5.75. The molecule has 0 aromatic heterocycles. The predicted molar refractivity (Wildman–Crippen MR) is 180 cm³/mol. The van der Waals surface area contributed by atoms with Crippen LogP contribution in [0.2, 0.25) is 0 Å². The Kier molecular flexibility index (Phi) is 10.5. The van der Waals surface area contributed by atoms with Crippen LogP contribution in [0.5, 0.6) is 0 Å². The van der Waals surface area contributed by atoms with Crippen molar-refractivity contribution >= 4 is 17.5 Å². The number of carbonyl (C=O) groups is 3. The second kappa shape index (κ2) is 13.2. The summed E-state index contributed by atoms with van der Waals surface area (Å²) in [7, 11) is 0. The molecule has 4 saturated carbocycles. The summed E-state index contributed by atoms with van der Waals surface area (Å²) in [6.45, 7) is 27.4. The SMILES string of the molecule is C=C1CC[C@H]2C(C)(C)C(=O)CC[C@@]2(C)[C@H]1CC[C@H](C)CCOC(=O)C[C@@H](C)CC[C@H]1C(=C)CC[C@H]2C(C)(C)C(=O)CC[C@@]12C. The number of fused-ring (bicyclic) bond motifs is 2. The van der Waals surface area contributed by atoms with Crippen LogP contribution in [0.1, 0.15) is 145 Å². The Balaban J connectivity index is 1.20. The third-order valence-corrected chi connectivity index (χ3v) is 13.9. The second-order valence-electron chi connectivity index (χ2n) is 17.5. The van der Waals surface area contributed by atoms with Crippen molar-refractivity contribution in [3.63, 3.8) is 0 Å². The maximum Gasteiger partial charge on any atom is 0.306 e. The largest absolute Gasteiger partial charge is 0.466 e. The van der Waals surface area contributed by atoms with E-state index in [0.717, 1.165) is 70.6 Å². The van der Waals surface area contributed by atoms with Gasteiger partial charge in [-0.1, -0.05) is 79.7 Å². The number of ether oxygens (including phenoxy) is 1. The van der Waals surface area contributed by atoms with E-state index in [-0.39, 0.29) is 33.5 Å². The molecule has 0 bridgehead atoms. The normalized spacial score (nSPS) is 36.3. The highest BCUT2D eigenvalue weighted by molar-refractivity contribution is 5.86. The molecule has 0 N–H and O–H groups in total. The first-order chi connectivity index (χ1) is 20.4. The minimum atomic E-state index is -0.253. The van der Waals surface area contributed by atoms with Gasteiger partial charge in [0, 0.05) is 30.1 Å². The fourth-order valence-electron chi connectivity index (χ4n) is 10.9. The predicted octanol–water partition coefficient (Wildman–Crippen LogP) is 10.1. The van der Waals surface area contributed by atoms with Gasteiger partial charge in [0.1, 0.15) is 11.6 Å². The fraction of sp³-hybridized carbons (Fsp3) is 0.825. The highest BCUT2D eigenvalue weighted by Crippen LogP contribution is 2.62. The van der Waals surface area contributed by atoms with Gasteiger partial charge >= 0.3 is 5.97 Å². The molecule has 0 saturated heterocycles. The minimum absolute atomic E-state index is 0.0780. The molecular formula is C40H64O4. The Bertz CT molecular complexity index is 1130. The van der Waals surface area contributed by atoms with Gasteiger partial charge in [0.05, 0.1) is 6.61 Å². The van der Waals surface area contributed by atoms with E-state index in [1.165, 1.54) is 11.1 Å². The van der Waals surface area contributed by atoms with Crippen LogP contribution in [-0.2, 0) is 19.1 Å². The fourth-order valence-corrected chi connectivity index (χ4v) is 10.9. The highest BCUT2D eigenvalue weighted by Gasteiger charge is 2.57. The molecule has 0 amide bonds. The lowest BCUT2D eigenvalue weighted by Crippen LogP contribution is -2.53. The number of hydrogen-bond acceptors (Lipinski definition) is 4. The Morgan fingerprint density at radius 1 is 0.727 bits per heavy atom. The third-order valence-electron chi connectivity index (χ3n) is 13.9. The molecule has 44 heavy (non-hydrogen) atoms. The number of hydrogen-bond donors (Lipinski definition) is 0. The Morgan fingerprint density at radius 3 is 1.61 bits per heavy atom. The van der Waals surface area contributed by atoms with Crippen molar-refractivity contribution in [2.45, 2.75) is 145 Å². The van der Waals surface area contributed by atoms with Gasteiger partial charge in [-0.3, -0.25) is 14.4 Å². The first-order valence-electron chi connectivity index (χ1n) is 18.0. The van der Waals surface area contributed by atoms with Crippen LogP contribution in [-0.4, -0.2) is 24.1 Å². The van der Waals surface area contributed by atoms with Crippen LogP contribution < -0.4 is 0 Å². The number of carbonyl (C=O) groups excluding carboxylic acids is 3. The molecule has 4 nitrogen and oxygen atoms in total. The standard InChI is InChI=1S/C40H64O4/c1-26(11-15-30-28(3)13-17-32-37(5,6)34(41)19-22-39(30,32)9)21-24-44-36(43)25-27(2)12-16-31-29(4)14-18-33-38(7,8)35(42)20-23-40(31,33)10/h26-27,30-33H,3-4,11-25H2,1-2,5-10H3/t26-,27-,30-,31-,32-,33-,39-,40-/m0/s1. The summed E-state index contributed by atoms with van der Waals surface area (Å²) in [4.78, 5) is 38.3. The summed E-state index contributed by atoms with van der Waals surface area (Å²) in [5.41, 5.74) is 2.51. The van der Waals surface area contributed by atoms with E-state index in [9.17, 15) is 14.4 Å². The van der Waals surface area contributed by atoms with Crippen LogP contribution in [0.3, 0.4) is 0 Å². The molecule has 8 atom stereocenters. The average molecular weight is 609 g/mol. The third kappa shape index (κ3) is 6.71. The summed E-state index contributed by atoms with van der Waals surface area (Å²) in [6.07, 6.45) is 13.1. The minimum Gasteiger partial charge on any atom is -0.466 e. The Morgan fingerprint density at radius 2 is 1.16 bits per heavy atom. The lowest BCUT2D eigenvalue weighted by atomic mass is 9.46. The molecule has 248 valence electrons. The van der Waals surface area contributed by atoms with Gasteiger partial charge in [-0.15, -0.1) is 0 Å². The van der Waals surface area contributed by atoms with Gasteiger partial charge in [-0.2, -0.15) is 0 Å². The zero-order valence-electron chi connectivity index (χ0n) is 29.6. The molecule has 4 rings (SSSR count). The zero-order valence-corrected chi connectivity index (χ0v) is 29.6. The Hall–Kier alpha value is -1.71. The monoisotopic (exact) mass is 608 g/mol. The lowest BCUT2D eigenvalue weighted by Gasteiger charge is -2.57. The van der Waals surface area contributed by atoms with Gasteiger partial charge in [-0.05, 0) is 117 Å². The number of allylic oxidation sites excluding steroid dienone is 2. The molecule has 0 spiro atoms. The van der Waals surface area contributed by atoms with Crippen molar-refractivity contribution in [3.05, 3.63) is 24.3 Å². The van der Waals surface area contributed by atoms with E-state index in [2.05, 4.69) is 68.5 Å². The van der Waals surface area contributed by atoms with Crippen molar-refractivity contribution in [2.75, 3.05) is 6.61 Å². The molecule has 0 aliphatic heterocycles. The molecule has 0 heterocycles. The molecule has 0 unspecified atom stereocenters. The van der Waals surface area contributed by atoms with E-state index in [0.29, 0.717) is 67.0 Å². The maximum absolute atomic E-state index is 12.8. The number of ketones is 2. The molecule has 4 aliphatic carbocycles. The molecule has 0 aromatic rings. The summed E-state index contributed by atoms with van der Waals surface area (Å²) in [5, 5.41) is 0. The van der Waals surface area contributed by atoms with Crippen LogP contribution in [0.15, 0.2) is 24.3 Å². The smallest absolute Gasteiger partial charge is 0.306 e. The van der Waals surface area contributed by atoms with Gasteiger partial charge in [0.25, 0.3) is 0 Å². The molecule has 0 aromatic carbocycles. The van der Waals surface area contributed by atoms with E-state index in [1.807, 2.05) is 0 Å². The summed E-state index contributed by atoms with van der Waals surface area (Å²) in [6, 6.07) is 0. The van der Waals surface area contributed by atoms with E-state index >= 15 is 0 Å². The zero-order chi connectivity index (χ0) is 32.7. The lowest BCUT2D eigenvalue weighted by molar-refractivity contribution is -0.146. The van der Waals surface area contributed by atoms with Crippen molar-refractivity contribution < 1.29 is 19.1 Å². The van der Waals surface area contributed by atoms with Crippen molar-refractivity contribution in [1.29, 1.82) is 0 Å². The highest BCUT2D eigenvalue weighted by atomic mass is 16.5. The van der Waals surface area contributed by atoms with Gasteiger partial charge < -0.3 is 4.74 Å². The van der Waals surface area contributed by atoms with Crippen molar-refractivity contribution in [1.82, 2.24) is 0 Å². The molecule has 4 heteroatoms. The maximum atomic E-state index is 12.8. The first kappa shape index (κ1) is 35.1. The Labute approximate surface area is 269 Å². The molecule has 0 radical (unpaired) electrons. The van der Waals surface area contributed by atoms with Gasteiger partial charge in [-0.25, -0.2) is 0 Å². The van der Waals surface area contributed by atoms with Crippen LogP contribution in [0.4, 0.5) is 0 Å². The van der Waals surface area contributed by atoms with Crippen LogP contribution >= 0.6 is 0 Å². The summed E-state index contributed by atoms with van der Waals surface area (Å²) >= 11 is 0. The first-order valence-corrected chi connectivity index (χ1v) is 18.0. The second-order valence-corrected chi connectivity index (χ2v) is 17.5. The number of rotatable bonds is 11. The number of esters is 1. The van der Waals surface area contributed by atoms with E-state index in [4.69, 9.17) is 4.74 Å². The quantitative estimate of drug-likeness (QED) is 0.173. The van der Waals surface area contributed by atoms with Crippen molar-refractivity contribution in [2.24, 2.45) is 57.2 Å². The average Bonchev–Trinajstić information content (AvgIpc) is 2.92. The molecular weight excluding hydrogens is 544 g/mol. The summed E-state index contributed by atoms with van der Waals surface area (Å²) in [5.74, 6) is 3.26.